The molecule has 1 aliphatic rings. The van der Waals surface area contributed by atoms with E-state index in [1.165, 1.54) is 4.31 Å². The van der Waals surface area contributed by atoms with Gasteiger partial charge in [-0.05, 0) is 12.8 Å². The highest BCUT2D eigenvalue weighted by atomic mass is 35.5. The third-order valence-electron chi connectivity index (χ3n) is 2.49. The number of rotatable bonds is 6. The van der Waals surface area contributed by atoms with E-state index in [0.29, 0.717) is 0 Å². The van der Waals surface area contributed by atoms with E-state index < -0.39 is 10.0 Å². The molecule has 0 radical (unpaired) electrons. The molecule has 0 amide bonds. The van der Waals surface area contributed by atoms with Crippen LogP contribution in [0, 0.1) is 0 Å². The summed E-state index contributed by atoms with van der Waals surface area (Å²) < 4.78 is 24.8. The topological polar surface area (TPSA) is 57.6 Å². The molecule has 0 atom stereocenters. The molecule has 0 aliphatic heterocycles. The molecule has 0 aromatic rings. The van der Waals surface area contributed by atoms with Crippen LogP contribution in [-0.4, -0.2) is 48.7 Å². The van der Waals surface area contributed by atoms with Crippen molar-refractivity contribution in [2.75, 3.05) is 24.8 Å². The van der Waals surface area contributed by atoms with E-state index in [0.717, 1.165) is 19.3 Å². The highest BCUT2D eigenvalue weighted by Crippen LogP contribution is 2.26. The first-order valence-electron chi connectivity index (χ1n) is 4.78. The lowest BCUT2D eigenvalue weighted by molar-refractivity contribution is 0.178. The molecule has 4 nitrogen and oxygen atoms in total. The summed E-state index contributed by atoms with van der Waals surface area (Å²) >= 11 is 5.43. The van der Waals surface area contributed by atoms with Gasteiger partial charge in [-0.2, -0.15) is 4.31 Å². The number of aliphatic hydroxyl groups excluding tert-OH is 1. The highest BCUT2D eigenvalue weighted by molar-refractivity contribution is 7.89. The van der Waals surface area contributed by atoms with Crippen LogP contribution in [0.2, 0.25) is 0 Å². The number of hydrogen-bond acceptors (Lipinski definition) is 3. The van der Waals surface area contributed by atoms with Crippen molar-refractivity contribution in [3.05, 3.63) is 0 Å². The van der Waals surface area contributed by atoms with Gasteiger partial charge in [0.15, 0.2) is 0 Å². The number of nitrogens with zero attached hydrogens (tertiary/aromatic N) is 1. The van der Waals surface area contributed by atoms with E-state index in [-0.39, 0.29) is 30.8 Å². The van der Waals surface area contributed by atoms with Gasteiger partial charge in [-0.15, -0.1) is 11.6 Å². The summed E-state index contributed by atoms with van der Waals surface area (Å²) in [6, 6.07) is 0.0929. The van der Waals surface area contributed by atoms with Gasteiger partial charge in [0.1, 0.15) is 0 Å². The van der Waals surface area contributed by atoms with Crippen molar-refractivity contribution in [3.8, 4) is 0 Å². The smallest absolute Gasteiger partial charge is 0.215 e. The molecule has 6 heteroatoms. The predicted octanol–water partition coefficient (Wildman–Crippen LogP) is 0.402. The average Bonchev–Trinajstić information content (AvgIpc) is 2.00. The Kier molecular flexibility index (Phi) is 4.63. The monoisotopic (exact) mass is 241 g/mol. The van der Waals surface area contributed by atoms with Crippen LogP contribution in [0.25, 0.3) is 0 Å². The highest BCUT2D eigenvalue weighted by Gasteiger charge is 2.32. The minimum absolute atomic E-state index is 0.0367. The van der Waals surface area contributed by atoms with E-state index in [2.05, 4.69) is 0 Å². The predicted molar refractivity (Wildman–Crippen MR) is 55.9 cm³/mol. The Labute approximate surface area is 89.9 Å². The molecule has 0 heterocycles. The van der Waals surface area contributed by atoms with E-state index in [9.17, 15) is 8.42 Å². The fourth-order valence-electron chi connectivity index (χ4n) is 1.54. The summed E-state index contributed by atoms with van der Waals surface area (Å²) in [7, 11) is -3.25. The molecule has 0 spiro atoms. The summed E-state index contributed by atoms with van der Waals surface area (Å²) in [5, 5.41) is 8.80. The van der Waals surface area contributed by atoms with Gasteiger partial charge in [0.25, 0.3) is 0 Å². The zero-order valence-corrected chi connectivity index (χ0v) is 9.60. The lowest BCUT2D eigenvalue weighted by atomic mass is 9.93. The third-order valence-corrected chi connectivity index (χ3v) is 4.82. The summed E-state index contributed by atoms with van der Waals surface area (Å²) in [6.07, 6.45) is 2.88. The van der Waals surface area contributed by atoms with Gasteiger partial charge in [-0.25, -0.2) is 8.42 Å². The van der Waals surface area contributed by atoms with Gasteiger partial charge in [0.05, 0.1) is 12.4 Å². The van der Waals surface area contributed by atoms with Crippen LogP contribution in [0.15, 0.2) is 0 Å². The van der Waals surface area contributed by atoms with Crippen molar-refractivity contribution in [2.45, 2.75) is 25.3 Å². The van der Waals surface area contributed by atoms with E-state index >= 15 is 0 Å². The van der Waals surface area contributed by atoms with Crippen LogP contribution in [-0.2, 0) is 10.0 Å². The molecule has 0 saturated heterocycles. The molecule has 84 valence electrons. The maximum atomic E-state index is 11.7. The summed E-state index contributed by atoms with van der Waals surface area (Å²) in [6.45, 7) is 0.0713. The molecule has 0 bridgehead atoms. The first-order chi connectivity index (χ1) is 6.61. The molecule has 1 saturated carbocycles. The second kappa shape index (κ2) is 5.30. The van der Waals surface area contributed by atoms with Crippen LogP contribution >= 0.6 is 11.6 Å². The Balaban J connectivity index is 2.65. The Morgan fingerprint density at radius 1 is 1.43 bits per heavy atom. The second-order valence-electron chi connectivity index (χ2n) is 3.42. The zero-order valence-electron chi connectivity index (χ0n) is 8.02. The number of sulfonamides is 1. The minimum atomic E-state index is -3.25. The molecule has 1 aliphatic carbocycles. The van der Waals surface area contributed by atoms with Crippen molar-refractivity contribution >= 4 is 21.6 Å². The molecule has 1 N–H and O–H groups in total. The van der Waals surface area contributed by atoms with Gasteiger partial charge in [0, 0.05) is 18.5 Å². The first-order valence-corrected chi connectivity index (χ1v) is 6.92. The second-order valence-corrected chi connectivity index (χ2v) is 5.84. The van der Waals surface area contributed by atoms with Crippen LogP contribution in [0.1, 0.15) is 19.3 Å². The molecule has 14 heavy (non-hydrogen) atoms. The minimum Gasteiger partial charge on any atom is -0.395 e. The lowest BCUT2D eigenvalue weighted by Crippen LogP contribution is -2.46. The van der Waals surface area contributed by atoms with Crippen molar-refractivity contribution in [3.63, 3.8) is 0 Å². The quantitative estimate of drug-likeness (QED) is 0.685. The fraction of sp³-hybridized carbons (Fsp3) is 1.00. The number of halogens is 1. The Morgan fingerprint density at radius 3 is 2.43 bits per heavy atom. The molecular formula is C8H16ClNO3S. The Morgan fingerprint density at radius 2 is 2.07 bits per heavy atom. The normalized spacial score (nSPS) is 18.5. The van der Waals surface area contributed by atoms with Crippen LogP contribution in [0.3, 0.4) is 0 Å². The summed E-state index contributed by atoms with van der Waals surface area (Å²) in [5.41, 5.74) is 0. The van der Waals surface area contributed by atoms with Gasteiger partial charge in [0.2, 0.25) is 10.0 Å². The summed E-state index contributed by atoms with van der Waals surface area (Å²) in [5.74, 6) is 0.0715. The SMILES string of the molecule is O=S(=O)(CCCl)N(CCO)C1CCC1. The number of aliphatic hydroxyl groups is 1. The molecule has 0 aromatic heterocycles. The molecule has 0 aromatic carbocycles. The number of alkyl halides is 1. The lowest BCUT2D eigenvalue weighted by Gasteiger charge is -2.36. The van der Waals surface area contributed by atoms with E-state index in [1.807, 2.05) is 0 Å². The molecule has 1 rings (SSSR count). The van der Waals surface area contributed by atoms with Crippen molar-refractivity contribution in [2.24, 2.45) is 0 Å². The maximum Gasteiger partial charge on any atom is 0.215 e. The van der Waals surface area contributed by atoms with Crippen molar-refractivity contribution in [1.29, 1.82) is 0 Å². The van der Waals surface area contributed by atoms with Gasteiger partial charge >= 0.3 is 0 Å². The van der Waals surface area contributed by atoms with Crippen LogP contribution in [0.5, 0.6) is 0 Å². The maximum absolute atomic E-state index is 11.7. The molecular weight excluding hydrogens is 226 g/mol. The fourth-order valence-corrected chi connectivity index (χ4v) is 3.58. The van der Waals surface area contributed by atoms with Crippen molar-refractivity contribution in [1.82, 2.24) is 4.31 Å². The van der Waals surface area contributed by atoms with Crippen LogP contribution in [0.4, 0.5) is 0 Å². The Hall–Kier alpha value is 0.160. The summed E-state index contributed by atoms with van der Waals surface area (Å²) in [4.78, 5) is 0. The van der Waals surface area contributed by atoms with Gasteiger partial charge in [-0.1, -0.05) is 6.42 Å². The standard InChI is InChI=1S/C8H16ClNO3S/c9-4-7-14(12,13)10(5-6-11)8-2-1-3-8/h8,11H,1-7H2. The van der Waals surface area contributed by atoms with E-state index in [1.54, 1.807) is 0 Å². The van der Waals surface area contributed by atoms with Crippen molar-refractivity contribution < 1.29 is 13.5 Å². The van der Waals surface area contributed by atoms with Gasteiger partial charge < -0.3 is 5.11 Å². The van der Waals surface area contributed by atoms with E-state index in [4.69, 9.17) is 16.7 Å². The van der Waals surface area contributed by atoms with Crippen LogP contribution < -0.4 is 0 Å². The number of hydrogen-bond donors (Lipinski definition) is 1. The largest absolute Gasteiger partial charge is 0.395 e. The molecule has 1 fully saturated rings. The average molecular weight is 242 g/mol. The zero-order chi connectivity index (χ0) is 10.6. The Bertz CT molecular complexity index is 264. The third kappa shape index (κ3) is 2.82. The van der Waals surface area contributed by atoms with Gasteiger partial charge in [-0.3, -0.25) is 0 Å². The molecule has 0 unspecified atom stereocenters. The first kappa shape index (κ1) is 12.2.